The van der Waals surface area contributed by atoms with E-state index in [1.807, 2.05) is 19.1 Å². The molecule has 0 saturated carbocycles. The molecule has 0 aliphatic rings. The fourth-order valence-electron chi connectivity index (χ4n) is 1.24. The van der Waals surface area contributed by atoms with E-state index in [0.717, 1.165) is 6.42 Å². The SMILES string of the molecule is CCCOc1nc(N)nc(-c2ccccn2)n1. The highest BCUT2D eigenvalue weighted by molar-refractivity contribution is 5.50. The van der Waals surface area contributed by atoms with Crippen molar-refractivity contribution in [3.05, 3.63) is 24.4 Å². The van der Waals surface area contributed by atoms with Gasteiger partial charge >= 0.3 is 6.01 Å². The second-order valence-electron chi connectivity index (χ2n) is 3.36. The second-order valence-corrected chi connectivity index (χ2v) is 3.36. The zero-order valence-electron chi connectivity index (χ0n) is 9.50. The lowest BCUT2D eigenvalue weighted by atomic mass is 10.3. The lowest BCUT2D eigenvalue weighted by molar-refractivity contribution is 0.292. The summed E-state index contributed by atoms with van der Waals surface area (Å²) in [6.07, 6.45) is 2.55. The number of anilines is 1. The smallest absolute Gasteiger partial charge is 0.321 e. The molecule has 0 aliphatic heterocycles. The van der Waals surface area contributed by atoms with E-state index in [2.05, 4.69) is 19.9 Å². The number of rotatable bonds is 4. The molecule has 2 aromatic rings. The number of nitrogens with two attached hydrogens (primary N) is 1. The van der Waals surface area contributed by atoms with E-state index < -0.39 is 0 Å². The van der Waals surface area contributed by atoms with Crippen molar-refractivity contribution in [3.63, 3.8) is 0 Å². The summed E-state index contributed by atoms with van der Waals surface area (Å²) in [7, 11) is 0. The van der Waals surface area contributed by atoms with Gasteiger partial charge in [-0.25, -0.2) is 0 Å². The minimum atomic E-state index is 0.131. The van der Waals surface area contributed by atoms with Gasteiger partial charge in [-0.1, -0.05) is 13.0 Å². The summed E-state index contributed by atoms with van der Waals surface area (Å²) in [6.45, 7) is 2.55. The molecule has 0 aliphatic carbocycles. The topological polar surface area (TPSA) is 86.8 Å². The molecule has 0 aromatic carbocycles. The zero-order valence-corrected chi connectivity index (χ0v) is 9.50. The molecule has 2 rings (SSSR count). The van der Waals surface area contributed by atoms with Crippen LogP contribution in [-0.4, -0.2) is 26.5 Å². The van der Waals surface area contributed by atoms with Gasteiger partial charge in [0, 0.05) is 6.20 Å². The van der Waals surface area contributed by atoms with Crippen molar-refractivity contribution in [2.24, 2.45) is 0 Å². The first-order chi connectivity index (χ1) is 8.29. The Morgan fingerprint density at radius 3 is 2.82 bits per heavy atom. The number of pyridine rings is 1. The van der Waals surface area contributed by atoms with Crippen molar-refractivity contribution in [2.45, 2.75) is 13.3 Å². The predicted octanol–water partition coefficient (Wildman–Crippen LogP) is 1.30. The summed E-state index contributed by atoms with van der Waals surface area (Å²) in [5, 5.41) is 0. The van der Waals surface area contributed by atoms with Crippen LogP contribution in [0, 0.1) is 0 Å². The molecular weight excluding hydrogens is 218 g/mol. The highest BCUT2D eigenvalue weighted by Gasteiger charge is 2.07. The molecule has 0 amide bonds. The molecule has 0 radical (unpaired) electrons. The second kappa shape index (κ2) is 5.20. The van der Waals surface area contributed by atoms with E-state index in [-0.39, 0.29) is 12.0 Å². The minimum absolute atomic E-state index is 0.131. The van der Waals surface area contributed by atoms with Crippen molar-refractivity contribution in [2.75, 3.05) is 12.3 Å². The van der Waals surface area contributed by atoms with E-state index in [0.29, 0.717) is 18.1 Å². The summed E-state index contributed by atoms with van der Waals surface area (Å²) in [4.78, 5) is 16.2. The third-order valence-electron chi connectivity index (χ3n) is 1.96. The Bertz CT molecular complexity index is 488. The monoisotopic (exact) mass is 231 g/mol. The van der Waals surface area contributed by atoms with Gasteiger partial charge in [0.2, 0.25) is 5.95 Å². The minimum Gasteiger partial charge on any atom is -0.463 e. The number of nitrogens with zero attached hydrogens (tertiary/aromatic N) is 4. The van der Waals surface area contributed by atoms with Gasteiger partial charge in [0.05, 0.1) is 6.61 Å². The largest absolute Gasteiger partial charge is 0.463 e. The van der Waals surface area contributed by atoms with Crippen LogP contribution in [0.4, 0.5) is 5.95 Å². The van der Waals surface area contributed by atoms with Crippen LogP contribution in [0.15, 0.2) is 24.4 Å². The van der Waals surface area contributed by atoms with Crippen LogP contribution < -0.4 is 10.5 Å². The standard InChI is InChI=1S/C11H13N5O/c1-2-7-17-11-15-9(14-10(12)16-11)8-5-3-4-6-13-8/h3-6H,2,7H2,1H3,(H2,12,14,15,16). The predicted molar refractivity (Wildman–Crippen MR) is 63.3 cm³/mol. The van der Waals surface area contributed by atoms with Gasteiger partial charge in [0.15, 0.2) is 5.82 Å². The maximum absolute atomic E-state index is 5.60. The summed E-state index contributed by atoms with van der Waals surface area (Å²) >= 11 is 0. The zero-order chi connectivity index (χ0) is 12.1. The van der Waals surface area contributed by atoms with Crippen LogP contribution in [0.5, 0.6) is 6.01 Å². The molecule has 0 fully saturated rings. The van der Waals surface area contributed by atoms with Gasteiger partial charge in [0.25, 0.3) is 0 Å². The number of ether oxygens (including phenoxy) is 1. The van der Waals surface area contributed by atoms with Crippen molar-refractivity contribution in [1.29, 1.82) is 0 Å². The van der Waals surface area contributed by atoms with Crippen molar-refractivity contribution < 1.29 is 4.74 Å². The Labute approximate surface area is 98.9 Å². The summed E-state index contributed by atoms with van der Waals surface area (Å²) < 4.78 is 5.33. The van der Waals surface area contributed by atoms with E-state index in [1.165, 1.54) is 0 Å². The van der Waals surface area contributed by atoms with E-state index in [4.69, 9.17) is 10.5 Å². The van der Waals surface area contributed by atoms with Crippen LogP contribution in [0.2, 0.25) is 0 Å². The quantitative estimate of drug-likeness (QED) is 0.853. The van der Waals surface area contributed by atoms with Crippen LogP contribution >= 0.6 is 0 Å². The summed E-state index contributed by atoms with van der Waals surface area (Å²) in [6, 6.07) is 5.72. The van der Waals surface area contributed by atoms with Crippen molar-refractivity contribution in [3.8, 4) is 17.5 Å². The van der Waals surface area contributed by atoms with Gasteiger partial charge in [-0.15, -0.1) is 0 Å². The summed E-state index contributed by atoms with van der Waals surface area (Å²) in [5.74, 6) is 0.552. The first-order valence-electron chi connectivity index (χ1n) is 5.35. The molecule has 2 N–H and O–H groups in total. The highest BCUT2D eigenvalue weighted by atomic mass is 16.5. The van der Waals surface area contributed by atoms with E-state index in [9.17, 15) is 0 Å². The van der Waals surface area contributed by atoms with Gasteiger partial charge in [-0.05, 0) is 18.6 Å². The van der Waals surface area contributed by atoms with Crippen molar-refractivity contribution in [1.82, 2.24) is 19.9 Å². The molecule has 2 heterocycles. The summed E-state index contributed by atoms with van der Waals surface area (Å²) in [5.41, 5.74) is 6.24. The normalized spacial score (nSPS) is 10.2. The van der Waals surface area contributed by atoms with Crippen LogP contribution in [0.25, 0.3) is 11.5 Å². The van der Waals surface area contributed by atoms with Crippen LogP contribution in [-0.2, 0) is 0 Å². The van der Waals surface area contributed by atoms with Gasteiger partial charge in [-0.2, -0.15) is 15.0 Å². The fourth-order valence-corrected chi connectivity index (χ4v) is 1.24. The molecule has 6 heteroatoms. The highest BCUT2D eigenvalue weighted by Crippen LogP contribution is 2.14. The maximum Gasteiger partial charge on any atom is 0.321 e. The fraction of sp³-hybridized carbons (Fsp3) is 0.273. The Morgan fingerprint density at radius 2 is 2.12 bits per heavy atom. The van der Waals surface area contributed by atoms with Crippen LogP contribution in [0.3, 0.4) is 0 Å². The first kappa shape index (κ1) is 11.3. The first-order valence-corrected chi connectivity index (χ1v) is 5.35. The van der Waals surface area contributed by atoms with Crippen LogP contribution in [0.1, 0.15) is 13.3 Å². The van der Waals surface area contributed by atoms with Crippen molar-refractivity contribution >= 4 is 5.95 Å². The Hall–Kier alpha value is -2.24. The van der Waals surface area contributed by atoms with E-state index in [1.54, 1.807) is 12.3 Å². The molecule has 0 atom stereocenters. The van der Waals surface area contributed by atoms with Gasteiger partial charge in [0.1, 0.15) is 5.69 Å². The maximum atomic E-state index is 5.60. The Kier molecular flexibility index (Phi) is 3.44. The van der Waals surface area contributed by atoms with Gasteiger partial charge < -0.3 is 10.5 Å². The molecule has 0 bridgehead atoms. The molecule has 0 unspecified atom stereocenters. The molecule has 17 heavy (non-hydrogen) atoms. The number of hydrogen-bond donors (Lipinski definition) is 1. The molecule has 88 valence electrons. The molecule has 0 saturated heterocycles. The number of nitrogen functional groups attached to an aromatic ring is 1. The Balaban J connectivity index is 2.32. The molecule has 2 aromatic heterocycles. The third-order valence-corrected chi connectivity index (χ3v) is 1.96. The average Bonchev–Trinajstić information content (AvgIpc) is 2.37. The third kappa shape index (κ3) is 2.87. The Morgan fingerprint density at radius 1 is 1.24 bits per heavy atom. The number of aromatic nitrogens is 4. The molecule has 6 nitrogen and oxygen atoms in total. The average molecular weight is 231 g/mol. The van der Waals surface area contributed by atoms with Gasteiger partial charge in [-0.3, -0.25) is 4.98 Å². The number of hydrogen-bond acceptors (Lipinski definition) is 6. The lowest BCUT2D eigenvalue weighted by Crippen LogP contribution is -2.06. The lowest BCUT2D eigenvalue weighted by Gasteiger charge is -2.05. The molecule has 0 spiro atoms. The van der Waals surface area contributed by atoms with E-state index >= 15 is 0 Å². The molecular formula is C11H13N5O.